The molecule has 0 fully saturated rings. The minimum Gasteiger partial charge on any atom is -0.494 e. The molecule has 10 heteroatoms. The molecular weight excluding hydrogens is 554 g/mol. The summed E-state index contributed by atoms with van der Waals surface area (Å²) in [6.45, 7) is 4.21. The van der Waals surface area contributed by atoms with Gasteiger partial charge in [-0.15, -0.1) is 0 Å². The van der Waals surface area contributed by atoms with Gasteiger partial charge in [0, 0.05) is 21.1 Å². The Morgan fingerprint density at radius 1 is 1.03 bits per heavy atom. The normalized spacial score (nSPS) is 10.9. The number of hydrogen-bond acceptors (Lipinski definition) is 7. The number of nitrogens with one attached hydrogen (secondary N) is 2. The molecule has 0 bridgehead atoms. The molecule has 0 saturated carbocycles. The fourth-order valence-corrected chi connectivity index (χ4v) is 3.93. The Hall–Kier alpha value is -4.31. The lowest BCUT2D eigenvalue weighted by atomic mass is 10.2. The number of furan rings is 1. The van der Waals surface area contributed by atoms with Crippen molar-refractivity contribution in [3.63, 3.8) is 0 Å². The molecule has 38 heavy (non-hydrogen) atoms. The number of carbonyl (C=O) groups is 2. The Morgan fingerprint density at radius 2 is 1.82 bits per heavy atom. The van der Waals surface area contributed by atoms with E-state index in [2.05, 4.69) is 31.8 Å². The number of nitrogens with zero attached hydrogens (tertiary/aromatic N) is 1. The van der Waals surface area contributed by atoms with Gasteiger partial charge in [-0.05, 0) is 78.3 Å². The number of carbonyl (C=O) groups excluding carboxylic acids is 2. The molecule has 0 saturated heterocycles. The lowest BCUT2D eigenvalue weighted by Gasteiger charge is -2.13. The van der Waals surface area contributed by atoms with E-state index < -0.39 is 5.91 Å². The molecule has 4 aromatic rings. The molecule has 2 amide bonds. The molecule has 4 rings (SSSR count). The second-order valence-electron chi connectivity index (χ2n) is 8.17. The first-order valence-electron chi connectivity index (χ1n) is 11.7. The summed E-state index contributed by atoms with van der Waals surface area (Å²) in [7, 11) is 1.49. The highest BCUT2D eigenvalue weighted by Gasteiger charge is 2.14. The van der Waals surface area contributed by atoms with Crippen LogP contribution in [0.1, 0.15) is 28.6 Å². The van der Waals surface area contributed by atoms with E-state index in [0.29, 0.717) is 45.2 Å². The standard InChI is InChI=1S/C28H26BrN3O6/c1-4-36-21-9-10-23-18(11-21)12-26(38-23)28(34)32-30-15-19-13-24(35-3)25(14-22(19)29)37-16-27(33)31-20-7-5-17(2)6-8-20/h5-15H,4,16H2,1-3H3,(H,31,33)(H,32,34)/b30-15+. The van der Waals surface area contributed by atoms with Gasteiger partial charge in [0.15, 0.2) is 23.9 Å². The van der Waals surface area contributed by atoms with Crippen LogP contribution in [0.2, 0.25) is 0 Å². The molecule has 0 atom stereocenters. The number of hydrogen-bond donors (Lipinski definition) is 2. The monoisotopic (exact) mass is 579 g/mol. The molecule has 0 unspecified atom stereocenters. The van der Waals surface area contributed by atoms with E-state index in [1.54, 1.807) is 30.3 Å². The molecule has 9 nitrogen and oxygen atoms in total. The van der Waals surface area contributed by atoms with Gasteiger partial charge in [-0.3, -0.25) is 9.59 Å². The summed E-state index contributed by atoms with van der Waals surface area (Å²) in [5.41, 5.74) is 5.42. The molecule has 0 spiro atoms. The smallest absolute Gasteiger partial charge is 0.307 e. The fraction of sp³-hybridized carbons (Fsp3) is 0.179. The lowest BCUT2D eigenvalue weighted by molar-refractivity contribution is -0.118. The van der Waals surface area contributed by atoms with Crippen LogP contribution < -0.4 is 25.0 Å². The molecule has 3 aromatic carbocycles. The Bertz CT molecular complexity index is 1480. The number of hydrazone groups is 1. The number of rotatable bonds is 10. The molecule has 0 radical (unpaired) electrons. The van der Waals surface area contributed by atoms with E-state index in [4.69, 9.17) is 18.6 Å². The number of ether oxygens (including phenoxy) is 3. The molecule has 0 aliphatic rings. The summed E-state index contributed by atoms with van der Waals surface area (Å²) >= 11 is 3.46. The predicted octanol–water partition coefficient (Wildman–Crippen LogP) is 5.69. The van der Waals surface area contributed by atoms with Crippen molar-refractivity contribution in [2.24, 2.45) is 5.10 Å². The minimum absolute atomic E-state index is 0.120. The quantitative estimate of drug-likeness (QED) is 0.184. The number of fused-ring (bicyclic) bond motifs is 1. The van der Waals surface area contributed by atoms with Crippen LogP contribution in [0.4, 0.5) is 5.69 Å². The number of amides is 2. The largest absolute Gasteiger partial charge is 0.494 e. The SMILES string of the molecule is CCOc1ccc2oc(C(=O)N/N=C/c3cc(OC)c(OCC(=O)Nc4ccc(C)cc4)cc3Br)cc2c1. The van der Waals surface area contributed by atoms with E-state index >= 15 is 0 Å². The van der Waals surface area contributed by atoms with Crippen LogP contribution in [0.15, 0.2) is 74.7 Å². The number of benzene rings is 3. The maximum absolute atomic E-state index is 12.5. The number of aryl methyl sites for hydroxylation is 1. The van der Waals surface area contributed by atoms with Gasteiger partial charge in [0.2, 0.25) is 0 Å². The zero-order valence-electron chi connectivity index (χ0n) is 21.0. The summed E-state index contributed by atoms with van der Waals surface area (Å²) in [5, 5.41) is 7.56. The van der Waals surface area contributed by atoms with Gasteiger partial charge in [-0.25, -0.2) is 5.43 Å². The number of methoxy groups -OCH3 is 1. The first kappa shape index (κ1) is 26.7. The van der Waals surface area contributed by atoms with Crippen molar-refractivity contribution < 1.29 is 28.2 Å². The number of halogens is 1. The van der Waals surface area contributed by atoms with Crippen molar-refractivity contribution in [1.82, 2.24) is 5.43 Å². The average molecular weight is 580 g/mol. The second kappa shape index (κ2) is 12.3. The third-order valence-electron chi connectivity index (χ3n) is 5.37. The van der Waals surface area contributed by atoms with Crippen molar-refractivity contribution in [3.8, 4) is 17.2 Å². The summed E-state index contributed by atoms with van der Waals surface area (Å²) in [6, 6.07) is 17.8. The minimum atomic E-state index is -0.502. The van der Waals surface area contributed by atoms with E-state index in [9.17, 15) is 9.59 Å². The molecule has 2 N–H and O–H groups in total. The predicted molar refractivity (Wildman–Crippen MR) is 148 cm³/mol. The molecule has 1 aromatic heterocycles. The van der Waals surface area contributed by atoms with Gasteiger partial charge < -0.3 is 23.9 Å². The van der Waals surface area contributed by atoms with E-state index in [-0.39, 0.29) is 18.3 Å². The Balaban J connectivity index is 1.38. The maximum Gasteiger partial charge on any atom is 0.307 e. The van der Waals surface area contributed by atoms with Crippen LogP contribution >= 0.6 is 15.9 Å². The van der Waals surface area contributed by atoms with Crippen molar-refractivity contribution in [1.29, 1.82) is 0 Å². The van der Waals surface area contributed by atoms with Crippen molar-refractivity contribution >= 4 is 50.6 Å². The van der Waals surface area contributed by atoms with E-state index in [0.717, 1.165) is 10.9 Å². The van der Waals surface area contributed by atoms with Crippen LogP contribution in [0.5, 0.6) is 17.2 Å². The van der Waals surface area contributed by atoms with Gasteiger partial charge in [0.1, 0.15) is 11.3 Å². The highest BCUT2D eigenvalue weighted by Crippen LogP contribution is 2.33. The summed E-state index contributed by atoms with van der Waals surface area (Å²) in [5.74, 6) is 0.775. The van der Waals surface area contributed by atoms with Crippen molar-refractivity contribution in [2.45, 2.75) is 13.8 Å². The Kier molecular flexibility index (Phi) is 8.65. The zero-order valence-corrected chi connectivity index (χ0v) is 22.6. The van der Waals surface area contributed by atoms with E-state index in [1.165, 1.54) is 13.3 Å². The third-order valence-corrected chi connectivity index (χ3v) is 6.06. The zero-order chi connectivity index (χ0) is 27.1. The highest BCUT2D eigenvalue weighted by molar-refractivity contribution is 9.10. The van der Waals surface area contributed by atoms with Crippen molar-refractivity contribution in [2.75, 3.05) is 25.6 Å². The molecule has 0 aliphatic heterocycles. The van der Waals surface area contributed by atoms with Gasteiger partial charge in [0.25, 0.3) is 5.91 Å². The Labute approximate surface area is 227 Å². The Morgan fingerprint density at radius 3 is 2.55 bits per heavy atom. The first-order chi connectivity index (χ1) is 18.4. The number of anilines is 1. The van der Waals surface area contributed by atoms with Crippen LogP contribution in [0.3, 0.4) is 0 Å². The van der Waals surface area contributed by atoms with E-state index in [1.807, 2.05) is 44.2 Å². The van der Waals surface area contributed by atoms with Crippen LogP contribution in [-0.4, -0.2) is 38.4 Å². The second-order valence-corrected chi connectivity index (χ2v) is 9.02. The van der Waals surface area contributed by atoms with Gasteiger partial charge in [-0.1, -0.05) is 17.7 Å². The topological polar surface area (TPSA) is 111 Å². The first-order valence-corrected chi connectivity index (χ1v) is 12.5. The van der Waals surface area contributed by atoms with Crippen molar-refractivity contribution in [3.05, 3.63) is 82.0 Å². The third kappa shape index (κ3) is 6.71. The highest BCUT2D eigenvalue weighted by atomic mass is 79.9. The summed E-state index contributed by atoms with van der Waals surface area (Å²) in [4.78, 5) is 24.8. The van der Waals surface area contributed by atoms with Gasteiger partial charge >= 0.3 is 5.91 Å². The summed E-state index contributed by atoms with van der Waals surface area (Å²) < 4.78 is 22.8. The average Bonchev–Trinajstić information content (AvgIpc) is 3.33. The van der Waals surface area contributed by atoms with Gasteiger partial charge in [0.05, 0.1) is 19.9 Å². The maximum atomic E-state index is 12.5. The van der Waals surface area contributed by atoms with Crippen LogP contribution in [0, 0.1) is 6.92 Å². The molecule has 196 valence electrons. The van der Waals surface area contributed by atoms with Gasteiger partial charge in [-0.2, -0.15) is 5.10 Å². The summed E-state index contributed by atoms with van der Waals surface area (Å²) in [6.07, 6.45) is 1.45. The molecular formula is C28H26BrN3O6. The van der Waals surface area contributed by atoms with Crippen LogP contribution in [0.25, 0.3) is 11.0 Å². The fourth-order valence-electron chi connectivity index (χ4n) is 3.50. The lowest BCUT2D eigenvalue weighted by Crippen LogP contribution is -2.20. The van der Waals surface area contributed by atoms with Crippen LogP contribution in [-0.2, 0) is 4.79 Å². The molecule has 1 heterocycles. The molecule has 0 aliphatic carbocycles.